The molecule has 4 rings (SSSR count). The van der Waals surface area contributed by atoms with Crippen LogP contribution in [0.1, 0.15) is 76.7 Å². The number of carbonyl (C=O) groups is 3. The van der Waals surface area contributed by atoms with Gasteiger partial charge >= 0.3 is 5.97 Å². The number of thiophene rings is 1. The Morgan fingerprint density at radius 2 is 2.05 bits per heavy atom. The van der Waals surface area contributed by atoms with Gasteiger partial charge in [-0.25, -0.2) is 4.79 Å². The lowest BCUT2D eigenvalue weighted by Gasteiger charge is -2.12. The average molecular weight is 546 g/mol. The van der Waals surface area contributed by atoms with Crippen LogP contribution in [0.15, 0.2) is 28.0 Å². The smallest absolute Gasteiger partial charge is 0.341 e. The Hall–Kier alpha value is -3.12. The van der Waals surface area contributed by atoms with Gasteiger partial charge in [-0.15, -0.1) is 21.5 Å². The van der Waals surface area contributed by atoms with E-state index in [0.717, 1.165) is 49.0 Å². The van der Waals surface area contributed by atoms with Gasteiger partial charge in [0.2, 0.25) is 5.91 Å². The largest absolute Gasteiger partial charge is 0.462 e. The molecule has 10 nitrogen and oxygen atoms in total. The number of rotatable bonds is 12. The molecule has 1 aliphatic rings. The molecule has 2 N–H and O–H groups in total. The van der Waals surface area contributed by atoms with E-state index in [2.05, 4.69) is 27.8 Å². The van der Waals surface area contributed by atoms with Crippen LogP contribution in [-0.2, 0) is 35.5 Å². The number of carbonyl (C=O) groups excluding carboxylic acids is 3. The number of aromatic nitrogens is 3. The molecule has 3 heterocycles. The fourth-order valence-corrected chi connectivity index (χ4v) is 6.19. The second-order valence-electron chi connectivity index (χ2n) is 8.54. The molecule has 0 bridgehead atoms. The monoisotopic (exact) mass is 545 g/mol. The van der Waals surface area contributed by atoms with Crippen LogP contribution >= 0.6 is 23.1 Å². The zero-order valence-corrected chi connectivity index (χ0v) is 22.6. The number of hydrogen-bond acceptors (Lipinski definition) is 9. The van der Waals surface area contributed by atoms with Crippen molar-refractivity contribution < 1.29 is 23.5 Å². The Morgan fingerprint density at radius 1 is 1.22 bits per heavy atom. The van der Waals surface area contributed by atoms with E-state index in [1.807, 2.05) is 4.57 Å². The highest BCUT2D eigenvalue weighted by Crippen LogP contribution is 2.38. The summed E-state index contributed by atoms with van der Waals surface area (Å²) < 4.78 is 12.3. The Labute approximate surface area is 223 Å². The highest BCUT2D eigenvalue weighted by molar-refractivity contribution is 7.99. The quantitative estimate of drug-likeness (QED) is 0.252. The first-order valence-corrected chi connectivity index (χ1v) is 14.3. The zero-order chi connectivity index (χ0) is 26.2. The van der Waals surface area contributed by atoms with Crippen molar-refractivity contribution >= 4 is 45.9 Å². The minimum Gasteiger partial charge on any atom is -0.462 e. The van der Waals surface area contributed by atoms with E-state index in [-0.39, 0.29) is 42.4 Å². The maximum Gasteiger partial charge on any atom is 0.341 e. The number of amides is 2. The number of nitrogens with one attached hydrogen (secondary N) is 2. The van der Waals surface area contributed by atoms with Crippen LogP contribution < -0.4 is 10.6 Å². The van der Waals surface area contributed by atoms with Gasteiger partial charge < -0.3 is 24.4 Å². The molecule has 0 aromatic carbocycles. The average Bonchev–Trinajstić information content (AvgIpc) is 3.63. The van der Waals surface area contributed by atoms with E-state index < -0.39 is 0 Å². The lowest BCUT2D eigenvalue weighted by molar-refractivity contribution is -0.113. The number of thioether (sulfide) groups is 1. The van der Waals surface area contributed by atoms with Crippen molar-refractivity contribution in [1.29, 1.82) is 0 Å². The van der Waals surface area contributed by atoms with Gasteiger partial charge in [0.15, 0.2) is 16.7 Å². The number of aryl methyl sites for hydroxylation is 1. The van der Waals surface area contributed by atoms with E-state index in [4.69, 9.17) is 9.15 Å². The van der Waals surface area contributed by atoms with Crippen molar-refractivity contribution in [2.24, 2.45) is 0 Å². The van der Waals surface area contributed by atoms with Crippen molar-refractivity contribution in [3.63, 3.8) is 0 Å². The molecule has 0 saturated carbocycles. The number of anilines is 1. The number of unbranched alkanes of at least 4 members (excludes halogenated alkanes) is 1. The first-order valence-electron chi connectivity index (χ1n) is 12.5. The number of esters is 1. The van der Waals surface area contributed by atoms with Gasteiger partial charge in [-0.05, 0) is 56.7 Å². The van der Waals surface area contributed by atoms with Gasteiger partial charge in [0.1, 0.15) is 5.00 Å². The molecule has 0 unspecified atom stereocenters. The van der Waals surface area contributed by atoms with Crippen LogP contribution in [-0.4, -0.2) is 44.9 Å². The molecule has 0 spiro atoms. The molecule has 1 aliphatic carbocycles. The Morgan fingerprint density at radius 3 is 2.81 bits per heavy atom. The van der Waals surface area contributed by atoms with E-state index in [1.165, 1.54) is 29.4 Å². The fraction of sp³-hybridized carbons (Fsp3) is 0.480. The summed E-state index contributed by atoms with van der Waals surface area (Å²) in [5, 5.41) is 15.4. The molecule has 3 aromatic rings. The highest BCUT2D eigenvalue weighted by Gasteiger charge is 2.27. The molecule has 0 radical (unpaired) electrons. The van der Waals surface area contributed by atoms with E-state index in [0.29, 0.717) is 28.1 Å². The Bertz CT molecular complexity index is 1230. The molecule has 37 heavy (non-hydrogen) atoms. The summed E-state index contributed by atoms with van der Waals surface area (Å²) in [5.41, 5.74) is 1.51. The van der Waals surface area contributed by atoms with Gasteiger partial charge in [0.25, 0.3) is 5.91 Å². The molecule has 198 valence electrons. The second-order valence-corrected chi connectivity index (χ2v) is 10.6. The van der Waals surface area contributed by atoms with Crippen LogP contribution in [0.25, 0.3) is 0 Å². The van der Waals surface area contributed by atoms with Gasteiger partial charge in [-0.2, -0.15) is 0 Å². The maximum absolute atomic E-state index is 12.9. The Balaban J connectivity index is 1.42. The van der Waals surface area contributed by atoms with Gasteiger partial charge in [0.05, 0.1) is 30.7 Å². The minimum absolute atomic E-state index is 0.105. The fourth-order valence-electron chi connectivity index (χ4n) is 4.12. The normalized spacial score (nSPS) is 12.7. The summed E-state index contributed by atoms with van der Waals surface area (Å²) in [6.07, 6.45) is 7.16. The predicted octanol–water partition coefficient (Wildman–Crippen LogP) is 4.45. The molecule has 0 aliphatic heterocycles. The molecular formula is C25H31N5O5S2. The van der Waals surface area contributed by atoms with Crippen LogP contribution in [0.4, 0.5) is 5.00 Å². The van der Waals surface area contributed by atoms with E-state index in [1.54, 1.807) is 19.1 Å². The Kier molecular flexibility index (Phi) is 9.40. The van der Waals surface area contributed by atoms with Crippen molar-refractivity contribution in [2.75, 3.05) is 17.7 Å². The third kappa shape index (κ3) is 6.61. The van der Waals surface area contributed by atoms with Gasteiger partial charge in [-0.1, -0.05) is 25.1 Å². The number of hydrogen-bond donors (Lipinski definition) is 2. The molecular weight excluding hydrogens is 514 g/mol. The minimum atomic E-state index is -0.384. The lowest BCUT2D eigenvalue weighted by Crippen LogP contribution is -2.24. The molecule has 0 saturated heterocycles. The van der Waals surface area contributed by atoms with Crippen molar-refractivity contribution in [2.45, 2.75) is 70.6 Å². The van der Waals surface area contributed by atoms with Crippen molar-refractivity contribution in [3.8, 4) is 0 Å². The van der Waals surface area contributed by atoms with Crippen LogP contribution in [0, 0.1) is 0 Å². The molecule has 12 heteroatoms. The van der Waals surface area contributed by atoms with E-state index in [9.17, 15) is 14.4 Å². The van der Waals surface area contributed by atoms with E-state index >= 15 is 0 Å². The molecule has 2 amide bonds. The van der Waals surface area contributed by atoms with Crippen molar-refractivity contribution in [3.05, 3.63) is 46.0 Å². The topological polar surface area (TPSA) is 128 Å². The number of ether oxygens (including phenoxy) is 1. The molecule has 3 aromatic heterocycles. The predicted molar refractivity (Wildman–Crippen MR) is 141 cm³/mol. The molecule has 0 fully saturated rings. The number of furan rings is 1. The standard InChI is InChI=1S/C25H31N5O5S2/c1-3-5-12-30-19(14-26-22(32)17-10-8-13-35-17)28-29-25(30)36-15-20(31)27-23-21(24(33)34-4-2)16-9-6-7-11-18(16)37-23/h8,10,13H,3-7,9,11-12,14-15H2,1-2H3,(H,26,32)(H,27,31). The second kappa shape index (κ2) is 12.9. The number of fused-ring (bicyclic) bond motifs is 1. The summed E-state index contributed by atoms with van der Waals surface area (Å²) in [6.45, 7) is 5.00. The molecule has 0 atom stereocenters. The summed E-state index contributed by atoms with van der Waals surface area (Å²) >= 11 is 2.74. The summed E-state index contributed by atoms with van der Waals surface area (Å²) in [4.78, 5) is 39.0. The first-order chi connectivity index (χ1) is 18.0. The van der Waals surface area contributed by atoms with Crippen LogP contribution in [0.3, 0.4) is 0 Å². The third-order valence-corrected chi connectivity index (χ3v) is 8.09. The summed E-state index contributed by atoms with van der Waals surface area (Å²) in [7, 11) is 0. The summed E-state index contributed by atoms with van der Waals surface area (Å²) in [6, 6.07) is 3.24. The SMILES string of the molecule is CCCCn1c(CNC(=O)c2ccco2)nnc1SCC(=O)Nc1sc2c(c1C(=O)OCC)CCCC2. The number of nitrogens with zero attached hydrogens (tertiary/aromatic N) is 3. The third-order valence-electron chi connectivity index (χ3n) is 5.92. The van der Waals surface area contributed by atoms with Crippen molar-refractivity contribution in [1.82, 2.24) is 20.1 Å². The van der Waals surface area contributed by atoms with Gasteiger partial charge in [-0.3, -0.25) is 9.59 Å². The zero-order valence-electron chi connectivity index (χ0n) is 21.0. The first kappa shape index (κ1) is 26.9. The summed E-state index contributed by atoms with van der Waals surface area (Å²) in [5.74, 6) is -0.0135. The van der Waals surface area contributed by atoms with Gasteiger partial charge in [0, 0.05) is 11.4 Å². The lowest BCUT2D eigenvalue weighted by atomic mass is 9.95. The van der Waals surface area contributed by atoms with Crippen LogP contribution in [0.2, 0.25) is 0 Å². The highest BCUT2D eigenvalue weighted by atomic mass is 32.2. The maximum atomic E-state index is 12.9. The van der Waals surface area contributed by atoms with Crippen LogP contribution in [0.5, 0.6) is 0 Å².